The number of hydrogen-bond acceptors (Lipinski definition) is 2. The molecule has 1 fully saturated rings. The van der Waals surface area contributed by atoms with Gasteiger partial charge in [-0.1, -0.05) is 20.8 Å². The van der Waals surface area contributed by atoms with Gasteiger partial charge in [-0.25, -0.2) is 3.11 Å². The molecule has 0 aliphatic carbocycles. The molecule has 1 aliphatic rings. The van der Waals surface area contributed by atoms with Crippen molar-refractivity contribution in [3.8, 4) is 0 Å². The first-order valence-electron chi connectivity index (χ1n) is 4.61. The van der Waals surface area contributed by atoms with E-state index in [1.54, 1.807) is 0 Å². The SMILES string of the molecule is CC(C)(C)C(=O)N1CCN(I)CC1. The zero-order chi connectivity index (χ0) is 10.1. The fraction of sp³-hybridized carbons (Fsp3) is 0.889. The Kier molecular flexibility index (Phi) is 3.57. The summed E-state index contributed by atoms with van der Waals surface area (Å²) < 4.78 is 2.23. The molecule has 4 heteroatoms. The summed E-state index contributed by atoms with van der Waals surface area (Å²) in [5.41, 5.74) is -0.229. The third kappa shape index (κ3) is 3.09. The molecule has 0 bridgehead atoms. The molecule has 1 rings (SSSR count). The number of amides is 1. The molecule has 0 N–H and O–H groups in total. The Labute approximate surface area is 94.0 Å². The minimum Gasteiger partial charge on any atom is -0.340 e. The van der Waals surface area contributed by atoms with Gasteiger partial charge in [-0.05, 0) is 0 Å². The maximum absolute atomic E-state index is 11.8. The van der Waals surface area contributed by atoms with Crippen LogP contribution in [0.15, 0.2) is 0 Å². The predicted molar refractivity (Wildman–Crippen MR) is 61.6 cm³/mol. The topological polar surface area (TPSA) is 23.6 Å². The van der Waals surface area contributed by atoms with E-state index in [1.807, 2.05) is 25.7 Å². The summed E-state index contributed by atoms with van der Waals surface area (Å²) in [6, 6.07) is 0. The molecule has 0 unspecified atom stereocenters. The second kappa shape index (κ2) is 4.13. The van der Waals surface area contributed by atoms with Crippen LogP contribution in [0.3, 0.4) is 0 Å². The maximum Gasteiger partial charge on any atom is 0.228 e. The first-order chi connectivity index (χ1) is 5.91. The molecule has 3 nitrogen and oxygen atoms in total. The van der Waals surface area contributed by atoms with Gasteiger partial charge in [0.2, 0.25) is 5.91 Å². The lowest BCUT2D eigenvalue weighted by atomic mass is 9.94. The number of rotatable bonds is 0. The lowest BCUT2D eigenvalue weighted by Crippen LogP contribution is -2.49. The van der Waals surface area contributed by atoms with Gasteiger partial charge in [-0.15, -0.1) is 0 Å². The molecule has 13 heavy (non-hydrogen) atoms. The standard InChI is InChI=1S/C9H17IN2O/c1-9(2,3)8(13)11-4-6-12(10)7-5-11/h4-7H2,1-3H3. The number of carbonyl (C=O) groups is 1. The smallest absolute Gasteiger partial charge is 0.228 e. The number of carbonyl (C=O) groups excluding carboxylic acids is 1. The molecule has 1 amide bonds. The van der Waals surface area contributed by atoms with Crippen molar-refractivity contribution in [2.45, 2.75) is 20.8 Å². The number of nitrogens with zero attached hydrogens (tertiary/aromatic N) is 2. The van der Waals surface area contributed by atoms with E-state index in [-0.39, 0.29) is 11.3 Å². The van der Waals surface area contributed by atoms with Gasteiger partial charge in [-0.3, -0.25) is 4.79 Å². The van der Waals surface area contributed by atoms with Crippen LogP contribution in [-0.4, -0.2) is 40.1 Å². The van der Waals surface area contributed by atoms with Crippen molar-refractivity contribution < 1.29 is 4.79 Å². The highest BCUT2D eigenvalue weighted by Crippen LogP contribution is 2.19. The maximum atomic E-state index is 11.8. The van der Waals surface area contributed by atoms with Gasteiger partial charge in [0.05, 0.1) is 0 Å². The largest absolute Gasteiger partial charge is 0.340 e. The summed E-state index contributed by atoms with van der Waals surface area (Å²) in [7, 11) is 0. The second-order valence-electron chi connectivity index (χ2n) is 4.45. The molecule has 1 saturated heterocycles. The van der Waals surface area contributed by atoms with Gasteiger partial charge in [-0.2, -0.15) is 0 Å². The van der Waals surface area contributed by atoms with Crippen molar-refractivity contribution in [2.75, 3.05) is 26.2 Å². The molecule has 0 atom stereocenters. The third-order valence-corrected chi connectivity index (χ3v) is 3.12. The zero-order valence-electron chi connectivity index (χ0n) is 8.51. The van der Waals surface area contributed by atoms with E-state index in [1.165, 1.54) is 0 Å². The first kappa shape index (κ1) is 11.2. The van der Waals surface area contributed by atoms with Crippen molar-refractivity contribution in [1.82, 2.24) is 8.01 Å². The molecule has 1 heterocycles. The van der Waals surface area contributed by atoms with Crippen LogP contribution in [-0.2, 0) is 4.79 Å². The Morgan fingerprint density at radius 3 is 2.00 bits per heavy atom. The fourth-order valence-corrected chi connectivity index (χ4v) is 1.79. The van der Waals surface area contributed by atoms with Gasteiger partial charge in [0.15, 0.2) is 0 Å². The van der Waals surface area contributed by atoms with Crippen LogP contribution in [0.5, 0.6) is 0 Å². The average Bonchev–Trinajstić information content (AvgIpc) is 2.03. The zero-order valence-corrected chi connectivity index (χ0v) is 10.7. The molecule has 1 aliphatic heterocycles. The van der Waals surface area contributed by atoms with Crippen LogP contribution in [0.4, 0.5) is 0 Å². The monoisotopic (exact) mass is 296 g/mol. The average molecular weight is 296 g/mol. The molecule has 0 aromatic carbocycles. The minimum absolute atomic E-state index is 0.229. The molecule has 0 spiro atoms. The summed E-state index contributed by atoms with van der Waals surface area (Å²) in [6.07, 6.45) is 0. The molecule has 0 saturated carbocycles. The molecular weight excluding hydrogens is 279 g/mol. The highest BCUT2D eigenvalue weighted by atomic mass is 127. The van der Waals surface area contributed by atoms with Crippen LogP contribution in [0, 0.1) is 5.41 Å². The van der Waals surface area contributed by atoms with E-state index in [4.69, 9.17) is 0 Å². The van der Waals surface area contributed by atoms with Gasteiger partial charge in [0.25, 0.3) is 0 Å². The predicted octanol–water partition coefficient (Wildman–Crippen LogP) is 1.53. The van der Waals surface area contributed by atoms with Crippen LogP contribution < -0.4 is 0 Å². The van der Waals surface area contributed by atoms with Crippen LogP contribution in [0.25, 0.3) is 0 Å². The fourth-order valence-electron chi connectivity index (χ4n) is 1.36. The van der Waals surface area contributed by atoms with E-state index in [0.717, 1.165) is 26.2 Å². The molecule has 76 valence electrons. The molecule has 0 radical (unpaired) electrons. The Bertz CT molecular complexity index is 192. The summed E-state index contributed by atoms with van der Waals surface area (Å²) >= 11 is 2.31. The molecule has 0 aromatic heterocycles. The number of hydrogen-bond donors (Lipinski definition) is 0. The molecular formula is C9H17IN2O. The van der Waals surface area contributed by atoms with Crippen molar-refractivity contribution >= 4 is 28.8 Å². The van der Waals surface area contributed by atoms with Gasteiger partial charge < -0.3 is 4.90 Å². The Morgan fingerprint density at radius 2 is 1.62 bits per heavy atom. The number of piperazine rings is 1. The normalized spacial score (nSPS) is 20.5. The van der Waals surface area contributed by atoms with E-state index in [0.29, 0.717) is 0 Å². The summed E-state index contributed by atoms with van der Waals surface area (Å²) in [5.74, 6) is 0.275. The van der Waals surface area contributed by atoms with Gasteiger partial charge in [0, 0.05) is 54.5 Å². The summed E-state index contributed by atoms with van der Waals surface area (Å²) in [5, 5.41) is 0. The first-order valence-corrected chi connectivity index (χ1v) is 5.58. The van der Waals surface area contributed by atoms with E-state index < -0.39 is 0 Å². The van der Waals surface area contributed by atoms with Crippen LogP contribution in [0.2, 0.25) is 0 Å². The summed E-state index contributed by atoms with van der Waals surface area (Å²) in [4.78, 5) is 13.8. The number of halogens is 1. The molecule has 0 aromatic rings. The lowest BCUT2D eigenvalue weighted by Gasteiger charge is -2.35. The van der Waals surface area contributed by atoms with Crippen LogP contribution >= 0.6 is 22.9 Å². The van der Waals surface area contributed by atoms with Crippen molar-refractivity contribution in [1.29, 1.82) is 0 Å². The lowest BCUT2D eigenvalue weighted by molar-refractivity contribution is -0.140. The second-order valence-corrected chi connectivity index (χ2v) is 5.82. The van der Waals surface area contributed by atoms with Gasteiger partial charge in [0.1, 0.15) is 0 Å². The van der Waals surface area contributed by atoms with E-state index in [9.17, 15) is 4.79 Å². The highest BCUT2D eigenvalue weighted by molar-refractivity contribution is 14.1. The summed E-state index contributed by atoms with van der Waals surface area (Å²) in [6.45, 7) is 9.66. The van der Waals surface area contributed by atoms with Gasteiger partial charge >= 0.3 is 0 Å². The quantitative estimate of drug-likeness (QED) is 0.500. The van der Waals surface area contributed by atoms with Crippen LogP contribution in [0.1, 0.15) is 20.8 Å². The van der Waals surface area contributed by atoms with Crippen molar-refractivity contribution in [3.63, 3.8) is 0 Å². The Hall–Kier alpha value is 0.160. The third-order valence-electron chi connectivity index (χ3n) is 2.15. The van der Waals surface area contributed by atoms with Crippen molar-refractivity contribution in [2.24, 2.45) is 5.41 Å². The Morgan fingerprint density at radius 1 is 1.15 bits per heavy atom. The van der Waals surface area contributed by atoms with Crippen molar-refractivity contribution in [3.05, 3.63) is 0 Å². The minimum atomic E-state index is -0.229. The highest BCUT2D eigenvalue weighted by Gasteiger charge is 2.28. The Balaban J connectivity index is 2.50. The van der Waals surface area contributed by atoms with E-state index >= 15 is 0 Å². The van der Waals surface area contributed by atoms with E-state index in [2.05, 4.69) is 26.0 Å².